The molecule has 2 aliphatic carbocycles. The highest BCUT2D eigenvalue weighted by Crippen LogP contribution is 2.60. The number of hydrogen-bond acceptors (Lipinski definition) is 3. The van der Waals surface area contributed by atoms with E-state index in [0.717, 1.165) is 17.0 Å². The lowest BCUT2D eigenvalue weighted by Gasteiger charge is -2.31. The van der Waals surface area contributed by atoms with Crippen LogP contribution in [0.2, 0.25) is 10.0 Å². The maximum atomic E-state index is 13.5. The largest absolute Gasteiger partial charge is 0.273 e. The number of alkyl halides is 2. The van der Waals surface area contributed by atoms with E-state index >= 15 is 0 Å². The number of hydrogen-bond donors (Lipinski definition) is 0. The molecule has 2 aromatic carbocycles. The Morgan fingerprint density at radius 3 is 1.84 bits per heavy atom. The third kappa shape index (κ3) is 3.52. The second-order valence-corrected chi connectivity index (χ2v) is 11.5. The van der Waals surface area contributed by atoms with Gasteiger partial charge in [0.1, 0.15) is 0 Å². The van der Waals surface area contributed by atoms with Gasteiger partial charge in [0.05, 0.1) is 18.4 Å². The summed E-state index contributed by atoms with van der Waals surface area (Å²) in [6.07, 6.45) is 0.828. The molecule has 1 saturated heterocycles. The molecule has 1 heterocycles. The van der Waals surface area contributed by atoms with Crippen LogP contribution in [0.15, 0.2) is 48.5 Å². The first-order chi connectivity index (χ1) is 15.3. The van der Waals surface area contributed by atoms with Crippen molar-refractivity contribution in [3.05, 3.63) is 69.7 Å². The fourth-order valence-electron chi connectivity index (χ4n) is 5.31. The molecule has 9 heteroatoms. The van der Waals surface area contributed by atoms with Gasteiger partial charge in [0.2, 0.25) is 0 Å². The van der Waals surface area contributed by atoms with Crippen molar-refractivity contribution in [2.75, 3.05) is 0 Å². The highest BCUT2D eigenvalue weighted by atomic mass is 79.9. The standard InChI is InChI=1S/C23H18Br2Cl2N2O3/c24-19-15-9-16(20(19)25)18-17(15)22(31)29(23(18)32)28(10-11-1-5-13(26)6-2-11)21(30)12-3-7-14(27)8-4-12/h1-8,15-20H,9-10H2/t15-,16-,17-,18+,19+,20+/m1/s1. The molecule has 0 spiro atoms. The molecule has 5 nitrogen and oxygen atoms in total. The smallest absolute Gasteiger partial charge is 0.272 e. The van der Waals surface area contributed by atoms with E-state index < -0.39 is 17.7 Å². The van der Waals surface area contributed by atoms with Crippen LogP contribution in [0.25, 0.3) is 0 Å². The zero-order valence-corrected chi connectivity index (χ0v) is 21.3. The van der Waals surface area contributed by atoms with Crippen molar-refractivity contribution in [1.29, 1.82) is 0 Å². The fourth-order valence-corrected chi connectivity index (χ4v) is 7.43. The highest BCUT2D eigenvalue weighted by molar-refractivity contribution is 9.12. The van der Waals surface area contributed by atoms with Crippen molar-refractivity contribution in [3.8, 4) is 0 Å². The van der Waals surface area contributed by atoms with Crippen LogP contribution in [0.5, 0.6) is 0 Å². The zero-order chi connectivity index (χ0) is 22.7. The molecule has 0 unspecified atom stereocenters. The third-order valence-electron chi connectivity index (χ3n) is 6.78. The Morgan fingerprint density at radius 1 is 0.875 bits per heavy atom. The number of hydrazine groups is 1. The molecule has 0 aromatic heterocycles. The predicted octanol–water partition coefficient (Wildman–Crippen LogP) is 5.33. The van der Waals surface area contributed by atoms with Crippen LogP contribution in [0.4, 0.5) is 0 Å². The van der Waals surface area contributed by atoms with E-state index in [2.05, 4.69) is 31.9 Å². The molecule has 3 fully saturated rings. The number of imide groups is 1. The number of carbonyl (C=O) groups is 3. The molecule has 6 atom stereocenters. The number of fused-ring (bicyclic) bond motifs is 5. The van der Waals surface area contributed by atoms with E-state index in [9.17, 15) is 14.4 Å². The van der Waals surface area contributed by atoms with Gasteiger partial charge < -0.3 is 0 Å². The first-order valence-electron chi connectivity index (χ1n) is 10.3. The summed E-state index contributed by atoms with van der Waals surface area (Å²) in [5.41, 5.74) is 1.11. The maximum absolute atomic E-state index is 13.5. The van der Waals surface area contributed by atoms with Crippen LogP contribution in [0, 0.1) is 23.7 Å². The number of rotatable bonds is 4. The average molecular weight is 601 g/mol. The van der Waals surface area contributed by atoms with Gasteiger partial charge in [-0.3, -0.25) is 14.4 Å². The molecule has 0 N–H and O–H groups in total. The van der Waals surface area contributed by atoms with Gasteiger partial charge in [0, 0.05) is 25.3 Å². The summed E-state index contributed by atoms with van der Waals surface area (Å²) >= 11 is 19.4. The average Bonchev–Trinajstić information content (AvgIpc) is 3.39. The van der Waals surface area contributed by atoms with E-state index in [1.807, 2.05) is 0 Å². The molecule has 2 bridgehead atoms. The van der Waals surface area contributed by atoms with Crippen LogP contribution in [-0.4, -0.2) is 37.4 Å². The summed E-state index contributed by atoms with van der Waals surface area (Å²) in [7, 11) is 0. The van der Waals surface area contributed by atoms with Crippen LogP contribution in [0.3, 0.4) is 0 Å². The van der Waals surface area contributed by atoms with Gasteiger partial charge in [0.15, 0.2) is 0 Å². The predicted molar refractivity (Wildman–Crippen MR) is 129 cm³/mol. The summed E-state index contributed by atoms with van der Waals surface area (Å²) < 4.78 is 0. The monoisotopic (exact) mass is 598 g/mol. The second kappa shape index (κ2) is 8.42. The molecular formula is C23H18Br2Cl2N2O3. The third-order valence-corrected chi connectivity index (χ3v) is 10.5. The fraction of sp³-hybridized carbons (Fsp3) is 0.348. The minimum Gasteiger partial charge on any atom is -0.272 e. The second-order valence-electron chi connectivity index (χ2n) is 8.49. The lowest BCUT2D eigenvalue weighted by atomic mass is 9.81. The molecule has 3 aliphatic rings. The molecular weight excluding hydrogens is 583 g/mol. The van der Waals surface area contributed by atoms with Gasteiger partial charge in [-0.1, -0.05) is 67.2 Å². The molecule has 1 aliphatic heterocycles. The Morgan fingerprint density at radius 2 is 1.34 bits per heavy atom. The first kappa shape index (κ1) is 22.4. The molecule has 32 heavy (non-hydrogen) atoms. The Hall–Kier alpha value is -1.41. The Bertz CT molecular complexity index is 1060. The lowest BCUT2D eigenvalue weighted by Crippen LogP contribution is -2.50. The number of benzene rings is 2. The van der Waals surface area contributed by atoms with Gasteiger partial charge in [-0.05, 0) is 60.2 Å². The van der Waals surface area contributed by atoms with Crippen molar-refractivity contribution >= 4 is 72.8 Å². The summed E-state index contributed by atoms with van der Waals surface area (Å²) in [5, 5.41) is 3.42. The zero-order valence-electron chi connectivity index (χ0n) is 16.6. The number of carbonyl (C=O) groups excluding carboxylic acids is 3. The highest BCUT2D eigenvalue weighted by Gasteiger charge is 2.67. The molecule has 2 aromatic rings. The van der Waals surface area contributed by atoms with E-state index in [0.29, 0.717) is 15.6 Å². The Balaban J connectivity index is 1.52. The van der Waals surface area contributed by atoms with E-state index in [1.165, 1.54) is 5.01 Å². The minimum atomic E-state index is -0.434. The maximum Gasteiger partial charge on any atom is 0.273 e. The van der Waals surface area contributed by atoms with Crippen molar-refractivity contribution in [2.24, 2.45) is 23.7 Å². The Labute approximate surface area is 212 Å². The van der Waals surface area contributed by atoms with Gasteiger partial charge in [-0.25, -0.2) is 5.01 Å². The van der Waals surface area contributed by atoms with Gasteiger partial charge in [0.25, 0.3) is 17.7 Å². The number of halogens is 4. The summed E-state index contributed by atoms with van der Waals surface area (Å²) in [4.78, 5) is 40.9. The van der Waals surface area contributed by atoms with Crippen molar-refractivity contribution in [2.45, 2.75) is 22.6 Å². The first-order valence-corrected chi connectivity index (χ1v) is 12.8. The van der Waals surface area contributed by atoms with Gasteiger partial charge >= 0.3 is 0 Å². The Kier molecular flexibility index (Phi) is 5.89. The van der Waals surface area contributed by atoms with Crippen molar-refractivity contribution in [3.63, 3.8) is 0 Å². The van der Waals surface area contributed by atoms with Gasteiger partial charge in [-0.2, -0.15) is 5.01 Å². The minimum absolute atomic E-state index is 0.0684. The van der Waals surface area contributed by atoms with E-state index in [-0.39, 0.29) is 39.8 Å². The molecule has 0 radical (unpaired) electrons. The topological polar surface area (TPSA) is 57.7 Å². The number of amides is 3. The van der Waals surface area contributed by atoms with Crippen LogP contribution >= 0.6 is 55.1 Å². The lowest BCUT2D eigenvalue weighted by molar-refractivity contribution is -0.156. The van der Waals surface area contributed by atoms with Crippen molar-refractivity contribution in [1.82, 2.24) is 10.0 Å². The molecule has 166 valence electrons. The summed E-state index contributed by atoms with van der Waals surface area (Å²) in [5.74, 6) is -1.71. The van der Waals surface area contributed by atoms with Crippen molar-refractivity contribution < 1.29 is 14.4 Å². The van der Waals surface area contributed by atoms with Crippen LogP contribution in [-0.2, 0) is 16.1 Å². The summed E-state index contributed by atoms with van der Waals surface area (Å²) in [6.45, 7) is 0.0698. The quantitative estimate of drug-likeness (QED) is 0.352. The molecule has 3 amide bonds. The SMILES string of the molecule is O=C(c1ccc(Cl)cc1)N(Cc1ccc(Cl)cc1)N1C(=O)[C@@H]2[C@H]3C[C@@H]([C@H](Br)[C@H]3Br)[C@@H]2C1=O. The normalized spacial score (nSPS) is 30.7. The van der Waals surface area contributed by atoms with E-state index in [4.69, 9.17) is 23.2 Å². The van der Waals surface area contributed by atoms with Gasteiger partial charge in [-0.15, -0.1) is 0 Å². The molecule has 5 rings (SSSR count). The number of nitrogens with zero attached hydrogens (tertiary/aromatic N) is 2. The molecule has 2 saturated carbocycles. The van der Waals surface area contributed by atoms with Crippen LogP contribution in [0.1, 0.15) is 22.3 Å². The summed E-state index contributed by atoms with van der Waals surface area (Å²) in [6, 6.07) is 13.4. The van der Waals surface area contributed by atoms with Crippen LogP contribution < -0.4 is 0 Å². The van der Waals surface area contributed by atoms with E-state index in [1.54, 1.807) is 48.5 Å².